The predicted molar refractivity (Wildman–Crippen MR) is 125 cm³/mol. The monoisotopic (exact) mass is 457 g/mol. The molecule has 1 atom stereocenters. The molecule has 1 aliphatic rings. The first-order valence-electron chi connectivity index (χ1n) is 10.8. The number of anilines is 1. The molecule has 0 saturated carbocycles. The van der Waals surface area contributed by atoms with Crippen LogP contribution < -0.4 is 19.5 Å². The maximum absolute atomic E-state index is 12.6. The third-order valence-corrected chi connectivity index (χ3v) is 5.17. The summed E-state index contributed by atoms with van der Waals surface area (Å²) in [7, 11) is 0. The number of nitrogens with one attached hydrogen (secondary N) is 1. The minimum absolute atomic E-state index is 0.148. The van der Waals surface area contributed by atoms with Crippen LogP contribution in [0.3, 0.4) is 0 Å². The summed E-state index contributed by atoms with van der Waals surface area (Å²) in [6.45, 7) is 5.85. The first-order valence-corrected chi connectivity index (χ1v) is 10.8. The lowest BCUT2D eigenvalue weighted by Gasteiger charge is -2.25. The molecule has 1 aliphatic heterocycles. The van der Waals surface area contributed by atoms with Crippen molar-refractivity contribution in [2.45, 2.75) is 26.9 Å². The Bertz CT molecular complexity index is 1350. The van der Waals surface area contributed by atoms with Gasteiger partial charge in [0.15, 0.2) is 17.3 Å². The van der Waals surface area contributed by atoms with Crippen molar-refractivity contribution in [1.82, 2.24) is 19.7 Å². The highest BCUT2D eigenvalue weighted by Crippen LogP contribution is 2.31. The SMILES string of the molecule is Cc1cc(C)n(-c2cc(Oc3ccc(NC(=O)C4COc5ccccc5O4)cc3)nc(C)n2)n1. The quantitative estimate of drug-likeness (QED) is 0.480. The fraction of sp³-hybridized carbons (Fsp3) is 0.200. The summed E-state index contributed by atoms with van der Waals surface area (Å²) in [6, 6.07) is 18.0. The molecular weight excluding hydrogens is 434 g/mol. The van der Waals surface area contributed by atoms with Gasteiger partial charge in [-0.15, -0.1) is 0 Å². The van der Waals surface area contributed by atoms with Crippen LogP contribution in [0.1, 0.15) is 17.2 Å². The molecular formula is C25H23N5O4. The number of hydrogen-bond donors (Lipinski definition) is 1. The molecule has 1 unspecified atom stereocenters. The molecule has 5 rings (SSSR count). The van der Waals surface area contributed by atoms with Crippen molar-refractivity contribution in [3.63, 3.8) is 0 Å². The van der Waals surface area contributed by atoms with Crippen molar-refractivity contribution >= 4 is 11.6 Å². The lowest BCUT2D eigenvalue weighted by Crippen LogP contribution is -2.40. The molecule has 4 aromatic rings. The Morgan fingerprint density at radius 1 is 1.03 bits per heavy atom. The summed E-state index contributed by atoms with van der Waals surface area (Å²) < 4.78 is 19.1. The molecule has 0 fully saturated rings. The van der Waals surface area contributed by atoms with Crippen molar-refractivity contribution in [1.29, 1.82) is 0 Å². The molecule has 3 heterocycles. The van der Waals surface area contributed by atoms with Crippen LogP contribution in [-0.4, -0.2) is 38.4 Å². The van der Waals surface area contributed by atoms with Crippen LogP contribution in [0.5, 0.6) is 23.1 Å². The van der Waals surface area contributed by atoms with Crippen LogP contribution >= 0.6 is 0 Å². The molecule has 9 heteroatoms. The van der Waals surface area contributed by atoms with E-state index in [1.807, 2.05) is 38.1 Å². The molecule has 0 radical (unpaired) electrons. The number of fused-ring (bicyclic) bond motifs is 1. The van der Waals surface area contributed by atoms with Gasteiger partial charge in [0.1, 0.15) is 18.2 Å². The molecule has 0 aliphatic carbocycles. The Labute approximate surface area is 196 Å². The largest absolute Gasteiger partial charge is 0.485 e. The normalized spacial score (nSPS) is 14.5. The molecule has 2 aromatic carbocycles. The van der Waals surface area contributed by atoms with E-state index in [-0.39, 0.29) is 12.5 Å². The van der Waals surface area contributed by atoms with Gasteiger partial charge in [-0.3, -0.25) is 4.79 Å². The molecule has 1 amide bonds. The number of carbonyl (C=O) groups is 1. The van der Waals surface area contributed by atoms with Crippen molar-refractivity contribution < 1.29 is 19.0 Å². The van der Waals surface area contributed by atoms with Crippen LogP contribution in [0, 0.1) is 20.8 Å². The second-order valence-electron chi connectivity index (χ2n) is 7.93. The van der Waals surface area contributed by atoms with Gasteiger partial charge in [0.25, 0.3) is 5.91 Å². The van der Waals surface area contributed by atoms with E-state index in [2.05, 4.69) is 20.4 Å². The van der Waals surface area contributed by atoms with Crippen LogP contribution in [-0.2, 0) is 4.79 Å². The van der Waals surface area contributed by atoms with E-state index in [4.69, 9.17) is 14.2 Å². The first kappa shape index (κ1) is 21.4. The lowest BCUT2D eigenvalue weighted by atomic mass is 10.2. The lowest BCUT2D eigenvalue weighted by molar-refractivity contribution is -0.125. The average Bonchev–Trinajstić information content (AvgIpc) is 3.17. The summed E-state index contributed by atoms with van der Waals surface area (Å²) in [5.74, 6) is 3.07. The van der Waals surface area contributed by atoms with Crippen LogP contribution in [0.15, 0.2) is 60.7 Å². The third-order valence-electron chi connectivity index (χ3n) is 5.17. The van der Waals surface area contributed by atoms with Crippen molar-refractivity contribution in [3.8, 4) is 28.9 Å². The predicted octanol–water partition coefficient (Wildman–Crippen LogP) is 4.16. The summed E-state index contributed by atoms with van der Waals surface area (Å²) in [5.41, 5.74) is 2.49. The van der Waals surface area contributed by atoms with E-state index in [0.717, 1.165) is 11.4 Å². The molecule has 1 N–H and O–H groups in total. The average molecular weight is 457 g/mol. The van der Waals surface area contributed by atoms with E-state index in [0.29, 0.717) is 40.5 Å². The van der Waals surface area contributed by atoms with Gasteiger partial charge in [0.2, 0.25) is 12.0 Å². The molecule has 2 aromatic heterocycles. The third kappa shape index (κ3) is 4.54. The number of carbonyl (C=O) groups excluding carboxylic acids is 1. The van der Waals surface area contributed by atoms with Crippen LogP contribution in [0.2, 0.25) is 0 Å². The van der Waals surface area contributed by atoms with Crippen LogP contribution in [0.25, 0.3) is 5.82 Å². The summed E-state index contributed by atoms with van der Waals surface area (Å²) in [5, 5.41) is 7.32. The number of rotatable bonds is 5. The van der Waals surface area contributed by atoms with Crippen molar-refractivity contribution in [2.75, 3.05) is 11.9 Å². The number of para-hydroxylation sites is 2. The van der Waals surface area contributed by atoms with Gasteiger partial charge in [-0.2, -0.15) is 10.1 Å². The van der Waals surface area contributed by atoms with E-state index in [9.17, 15) is 4.79 Å². The Morgan fingerprint density at radius 3 is 2.53 bits per heavy atom. The Kier molecular flexibility index (Phi) is 5.59. The van der Waals surface area contributed by atoms with E-state index in [1.165, 1.54) is 0 Å². The van der Waals surface area contributed by atoms with Gasteiger partial charge in [-0.05, 0) is 63.2 Å². The number of amides is 1. The molecule has 0 spiro atoms. The Hall–Kier alpha value is -4.40. The fourth-order valence-corrected chi connectivity index (χ4v) is 3.65. The Balaban J connectivity index is 1.25. The number of ether oxygens (including phenoxy) is 3. The summed E-state index contributed by atoms with van der Waals surface area (Å²) >= 11 is 0. The second-order valence-corrected chi connectivity index (χ2v) is 7.93. The van der Waals surface area contributed by atoms with Crippen molar-refractivity contribution in [2.24, 2.45) is 0 Å². The molecule has 34 heavy (non-hydrogen) atoms. The fourth-order valence-electron chi connectivity index (χ4n) is 3.65. The number of benzene rings is 2. The number of hydrogen-bond acceptors (Lipinski definition) is 7. The zero-order valence-corrected chi connectivity index (χ0v) is 19.0. The maximum Gasteiger partial charge on any atom is 0.269 e. The van der Waals surface area contributed by atoms with Gasteiger partial charge >= 0.3 is 0 Å². The van der Waals surface area contributed by atoms with E-state index in [1.54, 1.807) is 48.0 Å². The van der Waals surface area contributed by atoms with Gasteiger partial charge in [-0.25, -0.2) is 9.67 Å². The Morgan fingerprint density at radius 2 is 1.79 bits per heavy atom. The molecule has 0 saturated heterocycles. The van der Waals surface area contributed by atoms with E-state index >= 15 is 0 Å². The summed E-state index contributed by atoms with van der Waals surface area (Å²) in [4.78, 5) is 21.5. The maximum atomic E-state index is 12.6. The van der Waals surface area contributed by atoms with E-state index < -0.39 is 6.10 Å². The highest BCUT2D eigenvalue weighted by molar-refractivity contribution is 5.94. The highest BCUT2D eigenvalue weighted by atomic mass is 16.6. The molecule has 0 bridgehead atoms. The zero-order valence-electron chi connectivity index (χ0n) is 19.0. The number of aromatic nitrogens is 4. The highest BCUT2D eigenvalue weighted by Gasteiger charge is 2.27. The topological polar surface area (TPSA) is 100 Å². The van der Waals surface area contributed by atoms with Gasteiger partial charge in [-0.1, -0.05) is 12.1 Å². The number of aryl methyl sites for hydroxylation is 3. The first-order chi connectivity index (χ1) is 16.4. The van der Waals surface area contributed by atoms with Gasteiger partial charge in [0, 0.05) is 17.4 Å². The standard InChI is InChI=1S/C25H23N5O4/c1-15-12-16(2)30(29-15)23-13-24(27-17(3)26-23)33-19-10-8-18(9-11-19)28-25(31)22-14-32-20-6-4-5-7-21(20)34-22/h4-13,22H,14H2,1-3H3,(H,28,31). The molecule has 172 valence electrons. The minimum Gasteiger partial charge on any atom is -0.485 e. The van der Waals surface area contributed by atoms with Crippen molar-refractivity contribution in [3.05, 3.63) is 77.9 Å². The summed E-state index contributed by atoms with van der Waals surface area (Å²) in [6.07, 6.45) is -0.734. The number of nitrogens with zero attached hydrogens (tertiary/aromatic N) is 4. The second kappa shape index (κ2) is 8.86. The van der Waals surface area contributed by atoms with Crippen LogP contribution in [0.4, 0.5) is 5.69 Å². The van der Waals surface area contributed by atoms with Gasteiger partial charge < -0.3 is 19.5 Å². The zero-order chi connectivity index (χ0) is 23.7. The smallest absolute Gasteiger partial charge is 0.269 e. The minimum atomic E-state index is -0.734. The van der Waals surface area contributed by atoms with Gasteiger partial charge in [0.05, 0.1) is 5.69 Å². The molecule has 9 nitrogen and oxygen atoms in total.